The summed E-state index contributed by atoms with van der Waals surface area (Å²) in [5.41, 5.74) is 3.39. The Morgan fingerprint density at radius 2 is 1.79 bits per heavy atom. The minimum Gasteiger partial charge on any atom is -0.347 e. The average Bonchev–Trinajstić information content (AvgIpc) is 3.09. The zero-order valence-corrected chi connectivity index (χ0v) is 16.7. The van der Waals surface area contributed by atoms with E-state index < -0.39 is 4.92 Å². The topological polar surface area (TPSA) is 48.1 Å². The lowest BCUT2D eigenvalue weighted by Gasteiger charge is -2.21. The van der Waals surface area contributed by atoms with Gasteiger partial charge in [0.1, 0.15) is 5.02 Å². The Bertz CT molecular complexity index is 989. The SMILES string of the molecule is O=[N+]([O-])c1ccc(Cc2ccc3c(ccn3CCC3CCCCC3)c2)cc1Cl. The largest absolute Gasteiger partial charge is 0.347 e. The molecule has 1 aromatic heterocycles. The van der Waals surface area contributed by atoms with E-state index in [1.54, 1.807) is 12.1 Å². The number of nitro benzene ring substituents is 1. The molecule has 1 saturated carbocycles. The highest BCUT2D eigenvalue weighted by Crippen LogP contribution is 2.29. The van der Waals surface area contributed by atoms with Crippen LogP contribution in [0.5, 0.6) is 0 Å². The van der Waals surface area contributed by atoms with Crippen LogP contribution in [-0.2, 0) is 13.0 Å². The number of nitrogens with zero attached hydrogens (tertiary/aromatic N) is 2. The summed E-state index contributed by atoms with van der Waals surface area (Å²) in [6.45, 7) is 1.09. The van der Waals surface area contributed by atoms with Gasteiger partial charge in [0.2, 0.25) is 0 Å². The molecule has 5 heteroatoms. The lowest BCUT2D eigenvalue weighted by atomic mass is 9.87. The van der Waals surface area contributed by atoms with Crippen molar-refractivity contribution in [1.29, 1.82) is 0 Å². The van der Waals surface area contributed by atoms with Crippen LogP contribution < -0.4 is 0 Å². The van der Waals surface area contributed by atoms with Crippen molar-refractivity contribution in [2.24, 2.45) is 5.92 Å². The number of aromatic nitrogens is 1. The Kier molecular flexibility index (Phi) is 5.67. The van der Waals surface area contributed by atoms with E-state index in [9.17, 15) is 10.1 Å². The number of hydrogen-bond donors (Lipinski definition) is 0. The van der Waals surface area contributed by atoms with Crippen LogP contribution in [0.25, 0.3) is 10.9 Å². The molecular formula is C23H25ClN2O2. The first-order valence-electron chi connectivity index (χ1n) is 10.1. The van der Waals surface area contributed by atoms with Crippen molar-refractivity contribution in [3.05, 3.63) is 74.9 Å². The lowest BCUT2D eigenvalue weighted by molar-refractivity contribution is -0.384. The quantitative estimate of drug-likeness (QED) is 0.341. The first-order chi connectivity index (χ1) is 13.6. The fourth-order valence-corrected chi connectivity index (χ4v) is 4.67. The Morgan fingerprint density at radius 3 is 2.54 bits per heavy atom. The van der Waals surface area contributed by atoms with Gasteiger partial charge in [-0.2, -0.15) is 0 Å². The Balaban J connectivity index is 1.46. The molecular weight excluding hydrogens is 372 g/mol. The molecule has 1 heterocycles. The summed E-state index contributed by atoms with van der Waals surface area (Å²) in [6, 6.07) is 13.7. The monoisotopic (exact) mass is 396 g/mol. The highest BCUT2D eigenvalue weighted by molar-refractivity contribution is 6.32. The van der Waals surface area contributed by atoms with Crippen LogP contribution in [0.4, 0.5) is 5.69 Å². The van der Waals surface area contributed by atoms with E-state index in [2.05, 4.69) is 35.0 Å². The number of halogens is 1. The van der Waals surface area contributed by atoms with Crippen molar-refractivity contribution >= 4 is 28.2 Å². The summed E-state index contributed by atoms with van der Waals surface area (Å²) in [7, 11) is 0. The van der Waals surface area contributed by atoms with Crippen molar-refractivity contribution < 1.29 is 4.92 Å². The van der Waals surface area contributed by atoms with Crippen molar-refractivity contribution in [3.8, 4) is 0 Å². The molecule has 3 aromatic rings. The van der Waals surface area contributed by atoms with E-state index in [1.807, 2.05) is 0 Å². The molecule has 28 heavy (non-hydrogen) atoms. The summed E-state index contributed by atoms with van der Waals surface area (Å²) in [4.78, 5) is 10.5. The van der Waals surface area contributed by atoms with E-state index in [-0.39, 0.29) is 10.7 Å². The predicted octanol–water partition coefficient (Wildman–Crippen LogP) is 6.76. The summed E-state index contributed by atoms with van der Waals surface area (Å²) < 4.78 is 2.37. The van der Waals surface area contributed by atoms with Gasteiger partial charge in [-0.15, -0.1) is 0 Å². The van der Waals surface area contributed by atoms with Crippen LogP contribution in [0.15, 0.2) is 48.7 Å². The summed E-state index contributed by atoms with van der Waals surface area (Å²) in [5, 5.41) is 12.3. The van der Waals surface area contributed by atoms with Crippen LogP contribution in [0.3, 0.4) is 0 Å². The van der Waals surface area contributed by atoms with Crippen LogP contribution in [0.1, 0.15) is 49.7 Å². The molecule has 0 amide bonds. The van der Waals surface area contributed by atoms with Crippen molar-refractivity contribution in [2.75, 3.05) is 0 Å². The van der Waals surface area contributed by atoms with Crippen LogP contribution >= 0.6 is 11.6 Å². The maximum atomic E-state index is 10.9. The first-order valence-corrected chi connectivity index (χ1v) is 10.5. The summed E-state index contributed by atoms with van der Waals surface area (Å²) in [6.07, 6.45) is 11.2. The van der Waals surface area contributed by atoms with Gasteiger partial charge < -0.3 is 4.57 Å². The minimum absolute atomic E-state index is 0.0455. The molecule has 1 fully saturated rings. The van der Waals surface area contributed by atoms with Gasteiger partial charge in [0.05, 0.1) is 4.92 Å². The molecule has 1 aliphatic rings. The predicted molar refractivity (Wildman–Crippen MR) is 114 cm³/mol. The summed E-state index contributed by atoms with van der Waals surface area (Å²) in [5.74, 6) is 0.886. The molecule has 0 radical (unpaired) electrons. The van der Waals surface area contributed by atoms with Gasteiger partial charge in [0.25, 0.3) is 5.69 Å². The molecule has 4 nitrogen and oxygen atoms in total. The minimum atomic E-state index is -0.450. The highest BCUT2D eigenvalue weighted by Gasteiger charge is 2.14. The molecule has 0 saturated heterocycles. The zero-order chi connectivity index (χ0) is 19.5. The number of nitro groups is 1. The maximum Gasteiger partial charge on any atom is 0.287 e. The molecule has 1 aliphatic carbocycles. The molecule has 0 aliphatic heterocycles. The van der Waals surface area contributed by atoms with Gasteiger partial charge in [0.15, 0.2) is 0 Å². The molecule has 0 bridgehead atoms. The van der Waals surface area contributed by atoms with Crippen LogP contribution in [0, 0.1) is 16.0 Å². The van der Waals surface area contributed by atoms with Crippen molar-refractivity contribution in [2.45, 2.75) is 51.5 Å². The van der Waals surface area contributed by atoms with E-state index in [0.717, 1.165) is 18.0 Å². The standard InChI is InChI=1S/C23H25ClN2O2/c24-21-16-19(7-9-23(21)26(27)28)14-18-6-8-22-20(15-18)11-13-25(22)12-10-17-4-2-1-3-5-17/h6-9,11,13,15-17H,1-5,10,12,14H2. The normalized spacial score (nSPS) is 15.2. The Morgan fingerprint density at radius 1 is 1.04 bits per heavy atom. The van der Waals surface area contributed by atoms with Crippen LogP contribution in [-0.4, -0.2) is 9.49 Å². The van der Waals surface area contributed by atoms with Gasteiger partial charge in [-0.05, 0) is 59.5 Å². The molecule has 2 aromatic carbocycles. The Labute approximate surface area is 170 Å². The van der Waals surface area contributed by atoms with Gasteiger partial charge >= 0.3 is 0 Å². The van der Waals surface area contributed by atoms with E-state index in [0.29, 0.717) is 6.42 Å². The molecule has 0 N–H and O–H groups in total. The van der Waals surface area contributed by atoms with E-state index in [4.69, 9.17) is 11.6 Å². The second-order valence-electron chi connectivity index (χ2n) is 7.91. The van der Waals surface area contributed by atoms with Gasteiger partial charge in [0, 0.05) is 24.3 Å². The third-order valence-electron chi connectivity index (χ3n) is 5.96. The maximum absolute atomic E-state index is 10.9. The second kappa shape index (κ2) is 8.36. The number of rotatable bonds is 6. The van der Waals surface area contributed by atoms with Crippen molar-refractivity contribution in [3.63, 3.8) is 0 Å². The lowest BCUT2D eigenvalue weighted by Crippen LogP contribution is -2.09. The molecule has 0 atom stereocenters. The van der Waals surface area contributed by atoms with Gasteiger partial charge in [-0.1, -0.05) is 55.8 Å². The third-order valence-corrected chi connectivity index (χ3v) is 6.26. The number of benzene rings is 2. The second-order valence-corrected chi connectivity index (χ2v) is 8.32. The summed E-state index contributed by atoms with van der Waals surface area (Å²) >= 11 is 6.04. The Hall–Kier alpha value is -2.33. The average molecular weight is 397 g/mol. The smallest absolute Gasteiger partial charge is 0.287 e. The van der Waals surface area contributed by atoms with E-state index >= 15 is 0 Å². The number of fused-ring (bicyclic) bond motifs is 1. The number of aryl methyl sites for hydroxylation is 1. The zero-order valence-electron chi connectivity index (χ0n) is 15.9. The molecule has 0 unspecified atom stereocenters. The number of hydrogen-bond acceptors (Lipinski definition) is 2. The molecule has 0 spiro atoms. The van der Waals surface area contributed by atoms with Gasteiger partial charge in [-0.3, -0.25) is 10.1 Å². The highest BCUT2D eigenvalue weighted by atomic mass is 35.5. The van der Waals surface area contributed by atoms with E-state index in [1.165, 1.54) is 61.1 Å². The third kappa shape index (κ3) is 4.22. The molecule has 146 valence electrons. The van der Waals surface area contributed by atoms with Crippen LogP contribution in [0.2, 0.25) is 5.02 Å². The van der Waals surface area contributed by atoms with Gasteiger partial charge in [-0.25, -0.2) is 0 Å². The van der Waals surface area contributed by atoms with Crippen molar-refractivity contribution in [1.82, 2.24) is 4.57 Å². The molecule has 4 rings (SSSR count). The fraction of sp³-hybridized carbons (Fsp3) is 0.391. The fourth-order valence-electron chi connectivity index (χ4n) is 4.40. The first kappa shape index (κ1) is 19.0.